The molecule has 0 bridgehead atoms. The first-order chi connectivity index (χ1) is 7.94. The summed E-state index contributed by atoms with van der Waals surface area (Å²) in [5.41, 5.74) is 1.84. The highest BCUT2D eigenvalue weighted by Crippen LogP contribution is 2.10. The highest BCUT2D eigenvalue weighted by atomic mass is 32.2. The van der Waals surface area contributed by atoms with Crippen molar-refractivity contribution in [3.63, 3.8) is 0 Å². The van der Waals surface area contributed by atoms with E-state index >= 15 is 0 Å². The summed E-state index contributed by atoms with van der Waals surface area (Å²) in [6, 6.07) is 7.65. The highest BCUT2D eigenvalue weighted by Gasteiger charge is 2.13. The van der Waals surface area contributed by atoms with E-state index in [1.54, 1.807) is 7.05 Å². The predicted octanol–water partition coefficient (Wildman–Crippen LogP) is 1.02. The molecular formula is C12H20N2O2S. The Labute approximate surface area is 103 Å². The predicted molar refractivity (Wildman–Crippen MR) is 70.3 cm³/mol. The normalized spacial score (nSPS) is 13.6. The molecule has 0 spiro atoms. The van der Waals surface area contributed by atoms with Gasteiger partial charge in [0.05, 0.1) is 5.75 Å². The average Bonchev–Trinajstić information content (AvgIpc) is 2.29. The Kier molecular flexibility index (Phi) is 5.11. The van der Waals surface area contributed by atoms with E-state index in [1.165, 1.54) is 0 Å². The Bertz CT molecular complexity index is 457. The van der Waals surface area contributed by atoms with Gasteiger partial charge in [0.2, 0.25) is 10.0 Å². The topological polar surface area (TPSA) is 58.2 Å². The number of rotatable bonds is 6. The van der Waals surface area contributed by atoms with Crippen molar-refractivity contribution in [1.29, 1.82) is 0 Å². The van der Waals surface area contributed by atoms with Gasteiger partial charge in [-0.15, -0.1) is 0 Å². The monoisotopic (exact) mass is 256 g/mol. The van der Waals surface area contributed by atoms with Crippen molar-refractivity contribution in [2.75, 3.05) is 13.6 Å². The van der Waals surface area contributed by atoms with Crippen molar-refractivity contribution in [2.24, 2.45) is 0 Å². The summed E-state index contributed by atoms with van der Waals surface area (Å²) in [4.78, 5) is 0. The minimum atomic E-state index is -3.25. The van der Waals surface area contributed by atoms with Crippen LogP contribution < -0.4 is 10.0 Å². The zero-order valence-electron chi connectivity index (χ0n) is 10.5. The summed E-state index contributed by atoms with van der Waals surface area (Å²) in [6.45, 7) is 4.25. The van der Waals surface area contributed by atoms with Crippen LogP contribution in [0.5, 0.6) is 0 Å². The summed E-state index contributed by atoms with van der Waals surface area (Å²) >= 11 is 0. The first-order valence-electron chi connectivity index (χ1n) is 5.63. The summed E-state index contributed by atoms with van der Waals surface area (Å²) < 4.78 is 26.3. The fraction of sp³-hybridized carbons (Fsp3) is 0.500. The van der Waals surface area contributed by atoms with Crippen molar-refractivity contribution in [1.82, 2.24) is 10.0 Å². The largest absolute Gasteiger partial charge is 0.316 e. The number of benzene rings is 1. The number of hydrogen-bond donors (Lipinski definition) is 2. The van der Waals surface area contributed by atoms with Crippen molar-refractivity contribution < 1.29 is 8.42 Å². The second-order valence-electron chi connectivity index (χ2n) is 4.22. The van der Waals surface area contributed by atoms with Crippen molar-refractivity contribution in [3.05, 3.63) is 35.4 Å². The van der Waals surface area contributed by atoms with E-state index in [0.717, 1.165) is 11.1 Å². The number of hydrogen-bond acceptors (Lipinski definition) is 3. The lowest BCUT2D eigenvalue weighted by Crippen LogP contribution is -2.37. The first kappa shape index (κ1) is 14.2. The third-order valence-electron chi connectivity index (χ3n) is 2.71. The molecule has 4 nitrogen and oxygen atoms in total. The standard InChI is InChI=1S/C12H20N2O2S/c1-10-6-4-5-7-12(10)9-17(15,16)14-8-11(2)13-3/h4-7,11,13-14H,8-9H2,1-3H3. The molecule has 1 atom stereocenters. The van der Waals surface area contributed by atoms with Crippen LogP contribution in [-0.4, -0.2) is 28.1 Å². The molecule has 2 N–H and O–H groups in total. The molecule has 0 aliphatic heterocycles. The van der Waals surface area contributed by atoms with Gasteiger partial charge in [-0.3, -0.25) is 0 Å². The molecule has 1 rings (SSSR count). The second-order valence-corrected chi connectivity index (χ2v) is 6.03. The summed E-state index contributed by atoms with van der Waals surface area (Å²) in [5, 5.41) is 2.99. The molecule has 0 radical (unpaired) electrons. The van der Waals surface area contributed by atoms with Gasteiger partial charge >= 0.3 is 0 Å². The lowest BCUT2D eigenvalue weighted by Gasteiger charge is -2.12. The fourth-order valence-corrected chi connectivity index (χ4v) is 2.72. The highest BCUT2D eigenvalue weighted by molar-refractivity contribution is 7.88. The van der Waals surface area contributed by atoms with E-state index in [1.807, 2.05) is 38.1 Å². The van der Waals surface area contributed by atoms with Gasteiger partial charge < -0.3 is 5.32 Å². The molecule has 1 aromatic rings. The third-order valence-corrected chi connectivity index (χ3v) is 4.01. The van der Waals surface area contributed by atoms with Crippen molar-refractivity contribution >= 4 is 10.0 Å². The second kappa shape index (κ2) is 6.14. The number of nitrogens with one attached hydrogen (secondary N) is 2. The van der Waals surface area contributed by atoms with Gasteiger partial charge in [0.25, 0.3) is 0 Å². The molecule has 17 heavy (non-hydrogen) atoms. The Hall–Kier alpha value is -0.910. The number of likely N-dealkylation sites (N-methyl/N-ethyl adjacent to an activating group) is 1. The molecule has 1 aromatic carbocycles. The van der Waals surface area contributed by atoms with Crippen LogP contribution in [0.2, 0.25) is 0 Å². The molecule has 0 saturated carbocycles. The Balaban J connectivity index is 2.64. The van der Waals surface area contributed by atoms with Crippen LogP contribution in [0.1, 0.15) is 18.1 Å². The molecule has 0 heterocycles. The number of aryl methyl sites for hydroxylation is 1. The Morgan fingerprint density at radius 3 is 2.53 bits per heavy atom. The van der Waals surface area contributed by atoms with E-state index in [2.05, 4.69) is 10.0 Å². The molecule has 0 aromatic heterocycles. The molecule has 1 unspecified atom stereocenters. The van der Waals surface area contributed by atoms with E-state index in [0.29, 0.717) is 6.54 Å². The Morgan fingerprint density at radius 2 is 1.94 bits per heavy atom. The Morgan fingerprint density at radius 1 is 1.29 bits per heavy atom. The molecule has 0 aliphatic rings. The summed E-state index contributed by atoms with van der Waals surface area (Å²) in [6.07, 6.45) is 0. The molecule has 96 valence electrons. The van der Waals surface area contributed by atoms with E-state index in [4.69, 9.17) is 0 Å². The fourth-order valence-electron chi connectivity index (χ4n) is 1.38. The van der Waals surface area contributed by atoms with E-state index in [-0.39, 0.29) is 11.8 Å². The van der Waals surface area contributed by atoms with Gasteiger partial charge in [-0.05, 0) is 32.0 Å². The van der Waals surface area contributed by atoms with Gasteiger partial charge in [0, 0.05) is 12.6 Å². The summed E-state index contributed by atoms with van der Waals surface area (Å²) in [7, 11) is -1.45. The minimum Gasteiger partial charge on any atom is -0.316 e. The van der Waals surface area contributed by atoms with E-state index in [9.17, 15) is 8.42 Å². The minimum absolute atomic E-state index is 0.0378. The molecule has 0 aliphatic carbocycles. The number of sulfonamides is 1. The van der Waals surface area contributed by atoms with Crippen LogP contribution in [0.25, 0.3) is 0 Å². The maximum atomic E-state index is 11.8. The smallest absolute Gasteiger partial charge is 0.215 e. The van der Waals surface area contributed by atoms with Crippen LogP contribution in [0.4, 0.5) is 0 Å². The van der Waals surface area contributed by atoms with Crippen molar-refractivity contribution in [3.8, 4) is 0 Å². The summed E-state index contributed by atoms with van der Waals surface area (Å²) in [5.74, 6) is 0.0378. The third kappa shape index (κ3) is 4.85. The van der Waals surface area contributed by atoms with Crippen LogP contribution in [0.3, 0.4) is 0 Å². The quantitative estimate of drug-likeness (QED) is 0.799. The lowest BCUT2D eigenvalue weighted by atomic mass is 10.1. The lowest BCUT2D eigenvalue weighted by molar-refractivity contribution is 0.553. The maximum Gasteiger partial charge on any atom is 0.215 e. The van der Waals surface area contributed by atoms with Gasteiger partial charge in [-0.25, -0.2) is 13.1 Å². The van der Waals surface area contributed by atoms with Gasteiger partial charge in [0.1, 0.15) is 0 Å². The van der Waals surface area contributed by atoms with Crippen molar-refractivity contribution in [2.45, 2.75) is 25.6 Å². The van der Waals surface area contributed by atoms with E-state index < -0.39 is 10.0 Å². The van der Waals surface area contributed by atoms with Crippen LogP contribution >= 0.6 is 0 Å². The van der Waals surface area contributed by atoms with Gasteiger partial charge in [-0.1, -0.05) is 24.3 Å². The van der Waals surface area contributed by atoms with Gasteiger partial charge in [-0.2, -0.15) is 0 Å². The molecule has 0 amide bonds. The molecular weight excluding hydrogens is 236 g/mol. The first-order valence-corrected chi connectivity index (χ1v) is 7.29. The van der Waals surface area contributed by atoms with Crippen LogP contribution in [0.15, 0.2) is 24.3 Å². The zero-order chi connectivity index (χ0) is 12.9. The molecule has 0 fully saturated rings. The van der Waals surface area contributed by atoms with Crippen LogP contribution in [-0.2, 0) is 15.8 Å². The van der Waals surface area contributed by atoms with Gasteiger partial charge in [0.15, 0.2) is 0 Å². The SMILES string of the molecule is CNC(C)CNS(=O)(=O)Cc1ccccc1C. The zero-order valence-corrected chi connectivity index (χ0v) is 11.3. The molecule has 0 saturated heterocycles. The maximum absolute atomic E-state index is 11.8. The van der Waals surface area contributed by atoms with Crippen LogP contribution in [0, 0.1) is 6.92 Å². The average molecular weight is 256 g/mol. The molecule has 5 heteroatoms.